The lowest BCUT2D eigenvalue weighted by atomic mass is 10.2. The summed E-state index contributed by atoms with van der Waals surface area (Å²) in [5.74, 6) is -0.361. The Bertz CT molecular complexity index is 556. The van der Waals surface area contributed by atoms with Crippen molar-refractivity contribution in [2.45, 2.75) is 51.8 Å². The fourth-order valence-electron chi connectivity index (χ4n) is 2.34. The molecule has 1 aromatic rings. The van der Waals surface area contributed by atoms with Gasteiger partial charge in [0.1, 0.15) is 11.4 Å². The van der Waals surface area contributed by atoms with Crippen molar-refractivity contribution in [2.75, 3.05) is 13.1 Å². The van der Waals surface area contributed by atoms with Crippen molar-refractivity contribution in [1.29, 1.82) is 0 Å². The van der Waals surface area contributed by atoms with Crippen molar-refractivity contribution in [2.24, 2.45) is 0 Å². The lowest BCUT2D eigenvalue weighted by Crippen LogP contribution is -2.38. The van der Waals surface area contributed by atoms with Crippen LogP contribution in [-0.2, 0) is 11.3 Å². The Hall–Kier alpha value is -1.33. The van der Waals surface area contributed by atoms with E-state index in [4.69, 9.17) is 16.3 Å². The number of nitrogens with zero attached hydrogens (tertiary/aromatic N) is 1. The minimum atomic E-state index is -0.510. The van der Waals surface area contributed by atoms with Gasteiger partial charge in [0, 0.05) is 31.2 Å². The summed E-state index contributed by atoms with van der Waals surface area (Å²) in [5.41, 5.74) is 0.0751. The van der Waals surface area contributed by atoms with E-state index in [1.165, 1.54) is 0 Å². The summed E-state index contributed by atoms with van der Waals surface area (Å²) in [6.07, 6.45) is 1.78. The third-order valence-electron chi connectivity index (χ3n) is 3.54. The van der Waals surface area contributed by atoms with Crippen molar-refractivity contribution in [3.63, 3.8) is 0 Å². The van der Waals surface area contributed by atoms with Crippen LogP contribution in [0.1, 0.15) is 39.2 Å². The number of nitrogens with one attached hydrogen (secondary N) is 1. The van der Waals surface area contributed by atoms with Crippen molar-refractivity contribution in [1.82, 2.24) is 10.2 Å². The Balaban J connectivity index is 1.85. The monoisotopic (exact) mass is 342 g/mol. The van der Waals surface area contributed by atoms with Crippen LogP contribution in [0.15, 0.2) is 18.2 Å². The molecule has 1 fully saturated rings. The van der Waals surface area contributed by atoms with E-state index in [9.17, 15) is 9.18 Å². The lowest BCUT2D eigenvalue weighted by molar-refractivity contribution is 0.0520. The van der Waals surface area contributed by atoms with E-state index in [-0.39, 0.29) is 10.8 Å². The van der Waals surface area contributed by atoms with Crippen molar-refractivity contribution in [3.05, 3.63) is 34.6 Å². The molecule has 0 radical (unpaired) electrons. The number of carbonyl (C=O) groups excluding carboxylic acids is 1. The van der Waals surface area contributed by atoms with E-state index in [0.717, 1.165) is 12.8 Å². The van der Waals surface area contributed by atoms with Gasteiger partial charge < -0.3 is 10.1 Å². The van der Waals surface area contributed by atoms with Gasteiger partial charge in [-0.1, -0.05) is 23.7 Å². The van der Waals surface area contributed by atoms with Crippen LogP contribution < -0.4 is 5.32 Å². The predicted molar refractivity (Wildman–Crippen MR) is 89.1 cm³/mol. The molecule has 0 aliphatic heterocycles. The van der Waals surface area contributed by atoms with Crippen LogP contribution in [0.2, 0.25) is 5.02 Å². The Morgan fingerprint density at radius 3 is 2.74 bits per heavy atom. The molecule has 6 heteroatoms. The van der Waals surface area contributed by atoms with E-state index in [1.54, 1.807) is 18.2 Å². The Morgan fingerprint density at radius 1 is 1.43 bits per heavy atom. The molecule has 1 aliphatic rings. The first-order chi connectivity index (χ1) is 10.8. The molecule has 128 valence electrons. The predicted octanol–water partition coefficient (Wildman–Crippen LogP) is 3.97. The van der Waals surface area contributed by atoms with Gasteiger partial charge in [-0.05, 0) is 39.7 Å². The largest absolute Gasteiger partial charge is 0.444 e. The third-order valence-corrected chi connectivity index (χ3v) is 3.83. The van der Waals surface area contributed by atoms with E-state index >= 15 is 0 Å². The van der Waals surface area contributed by atoms with Crippen molar-refractivity contribution < 1.29 is 13.9 Å². The smallest absolute Gasteiger partial charge is 0.407 e. The summed E-state index contributed by atoms with van der Waals surface area (Å²) in [5, 5.41) is 2.89. The van der Waals surface area contributed by atoms with Gasteiger partial charge in [0.05, 0.1) is 5.02 Å². The maximum atomic E-state index is 14.0. The van der Waals surface area contributed by atoms with Crippen molar-refractivity contribution >= 4 is 17.7 Å². The molecule has 0 atom stereocenters. The SMILES string of the molecule is CC(C)(C)OC(=O)NCCN(Cc1cccc(Cl)c1F)C1CC1. The number of hydrogen-bond acceptors (Lipinski definition) is 3. The number of benzene rings is 1. The van der Waals surface area contributed by atoms with Crippen LogP contribution in [0, 0.1) is 5.82 Å². The molecule has 0 spiro atoms. The molecule has 23 heavy (non-hydrogen) atoms. The molecule has 1 amide bonds. The molecule has 2 rings (SSSR count). The topological polar surface area (TPSA) is 41.6 Å². The summed E-state index contributed by atoms with van der Waals surface area (Å²) in [6.45, 7) is 7.08. The van der Waals surface area contributed by atoms with Gasteiger partial charge >= 0.3 is 6.09 Å². The zero-order valence-corrected chi connectivity index (χ0v) is 14.6. The molecule has 0 saturated heterocycles. The fraction of sp³-hybridized carbons (Fsp3) is 0.588. The molecule has 0 heterocycles. The summed E-state index contributed by atoms with van der Waals surface area (Å²) < 4.78 is 19.2. The number of rotatable bonds is 6. The third kappa shape index (κ3) is 5.99. The number of amides is 1. The van der Waals surface area contributed by atoms with Crippen LogP contribution in [0.4, 0.5) is 9.18 Å². The van der Waals surface area contributed by atoms with Crippen LogP contribution in [-0.4, -0.2) is 35.7 Å². The molecule has 0 aromatic heterocycles. The van der Waals surface area contributed by atoms with Gasteiger partial charge in [0.15, 0.2) is 0 Å². The summed E-state index contributed by atoms with van der Waals surface area (Å²) in [7, 11) is 0. The number of alkyl carbamates (subject to hydrolysis) is 1. The van der Waals surface area contributed by atoms with Crippen LogP contribution in [0.5, 0.6) is 0 Å². The van der Waals surface area contributed by atoms with E-state index in [1.807, 2.05) is 20.8 Å². The highest BCUT2D eigenvalue weighted by Gasteiger charge is 2.29. The lowest BCUT2D eigenvalue weighted by Gasteiger charge is -2.24. The van der Waals surface area contributed by atoms with Crippen LogP contribution >= 0.6 is 11.6 Å². The second-order valence-corrected chi connectivity index (χ2v) is 7.25. The quantitative estimate of drug-likeness (QED) is 0.850. The van der Waals surface area contributed by atoms with Gasteiger partial charge in [-0.15, -0.1) is 0 Å². The first-order valence-electron chi connectivity index (χ1n) is 7.90. The highest BCUT2D eigenvalue weighted by molar-refractivity contribution is 6.30. The summed E-state index contributed by atoms with van der Waals surface area (Å²) in [6, 6.07) is 5.50. The number of ether oxygens (including phenoxy) is 1. The van der Waals surface area contributed by atoms with E-state index < -0.39 is 11.7 Å². The average molecular weight is 343 g/mol. The zero-order chi connectivity index (χ0) is 17.0. The normalized spacial score (nSPS) is 14.9. The first-order valence-corrected chi connectivity index (χ1v) is 8.28. The highest BCUT2D eigenvalue weighted by atomic mass is 35.5. The Kier molecular flexibility index (Phi) is 5.87. The van der Waals surface area contributed by atoms with Gasteiger partial charge in [0.2, 0.25) is 0 Å². The standard InChI is InChI=1S/C17H24ClFN2O2/c1-17(2,3)23-16(22)20-9-10-21(13-7-8-13)11-12-5-4-6-14(18)15(12)19/h4-6,13H,7-11H2,1-3H3,(H,20,22). The van der Waals surface area contributed by atoms with Gasteiger partial charge in [0.25, 0.3) is 0 Å². The maximum Gasteiger partial charge on any atom is 0.407 e. The number of carbonyl (C=O) groups is 1. The Labute approximate surface area is 141 Å². The van der Waals surface area contributed by atoms with E-state index in [2.05, 4.69) is 10.2 Å². The maximum absolute atomic E-state index is 14.0. The molecular weight excluding hydrogens is 319 g/mol. The minimum absolute atomic E-state index is 0.144. The molecule has 0 bridgehead atoms. The molecule has 4 nitrogen and oxygen atoms in total. The second-order valence-electron chi connectivity index (χ2n) is 6.84. The van der Waals surface area contributed by atoms with E-state index in [0.29, 0.717) is 31.2 Å². The molecular formula is C17H24ClFN2O2. The zero-order valence-electron chi connectivity index (χ0n) is 13.9. The fourth-order valence-corrected chi connectivity index (χ4v) is 2.53. The summed E-state index contributed by atoms with van der Waals surface area (Å²) >= 11 is 5.83. The van der Waals surface area contributed by atoms with Crippen molar-refractivity contribution in [3.8, 4) is 0 Å². The molecule has 1 aromatic carbocycles. The molecule has 1 aliphatic carbocycles. The average Bonchev–Trinajstić information content (AvgIpc) is 3.25. The highest BCUT2D eigenvalue weighted by Crippen LogP contribution is 2.29. The summed E-state index contributed by atoms with van der Waals surface area (Å²) in [4.78, 5) is 13.8. The van der Waals surface area contributed by atoms with Crippen LogP contribution in [0.25, 0.3) is 0 Å². The van der Waals surface area contributed by atoms with Crippen LogP contribution in [0.3, 0.4) is 0 Å². The molecule has 0 unspecified atom stereocenters. The molecule has 1 N–H and O–H groups in total. The minimum Gasteiger partial charge on any atom is -0.444 e. The molecule has 1 saturated carbocycles. The van der Waals surface area contributed by atoms with Gasteiger partial charge in [-0.3, -0.25) is 4.90 Å². The van der Waals surface area contributed by atoms with Gasteiger partial charge in [-0.25, -0.2) is 9.18 Å². The second kappa shape index (κ2) is 7.49. The Morgan fingerprint density at radius 2 is 2.13 bits per heavy atom. The number of halogens is 2. The van der Waals surface area contributed by atoms with Gasteiger partial charge in [-0.2, -0.15) is 0 Å². The first kappa shape index (κ1) is 18.0. The number of hydrogen-bond donors (Lipinski definition) is 1.